The number of benzene rings is 8. The fraction of sp³-hybridized carbons (Fsp3) is 0. The zero-order valence-corrected chi connectivity index (χ0v) is 31.0. The van der Waals surface area contributed by atoms with Gasteiger partial charge in [-0.15, -0.1) is 11.3 Å². The Balaban J connectivity index is 1.02. The molecule has 0 radical (unpaired) electrons. The number of nitrogens with zero attached hydrogens (tertiary/aromatic N) is 2. The minimum atomic E-state index is 0.697. The lowest BCUT2D eigenvalue weighted by molar-refractivity contribution is 0.670. The maximum atomic E-state index is 6.73. The van der Waals surface area contributed by atoms with Crippen LogP contribution in [0.25, 0.3) is 109 Å². The first-order chi connectivity index (χ1) is 27.7. The molecule has 0 aliphatic heterocycles. The molecule has 3 heterocycles. The first-order valence-electron chi connectivity index (χ1n) is 18.8. The summed E-state index contributed by atoms with van der Waals surface area (Å²) in [6, 6.07) is 68.3. The minimum absolute atomic E-state index is 0.697. The summed E-state index contributed by atoms with van der Waals surface area (Å²) in [6.45, 7) is 0. The molecule has 0 saturated heterocycles. The van der Waals surface area contributed by atoms with Gasteiger partial charge in [0.05, 0.1) is 11.4 Å². The molecule has 0 amide bonds. The molecule has 0 atom stereocenters. The number of fused-ring (bicyclic) bond motifs is 6. The Morgan fingerprint density at radius 2 is 0.929 bits per heavy atom. The van der Waals surface area contributed by atoms with Crippen LogP contribution in [-0.4, -0.2) is 9.97 Å². The van der Waals surface area contributed by atoms with Crippen LogP contribution < -0.4 is 0 Å². The topological polar surface area (TPSA) is 38.9 Å². The molecule has 0 N–H and O–H groups in total. The molecule has 0 saturated carbocycles. The van der Waals surface area contributed by atoms with Gasteiger partial charge in [-0.05, 0) is 46.5 Å². The minimum Gasteiger partial charge on any atom is -0.455 e. The van der Waals surface area contributed by atoms with Crippen molar-refractivity contribution >= 4 is 53.4 Å². The Kier molecular flexibility index (Phi) is 7.68. The molecule has 0 aliphatic carbocycles. The lowest BCUT2D eigenvalue weighted by Gasteiger charge is -2.12. The first kappa shape index (κ1) is 32.3. The normalized spacial score (nSPS) is 11.6. The van der Waals surface area contributed by atoms with Gasteiger partial charge in [-0.2, -0.15) is 0 Å². The Morgan fingerprint density at radius 1 is 0.375 bits per heavy atom. The van der Waals surface area contributed by atoms with Gasteiger partial charge in [0.1, 0.15) is 11.2 Å². The largest absolute Gasteiger partial charge is 0.455 e. The second-order valence-corrected chi connectivity index (χ2v) is 15.1. The summed E-state index contributed by atoms with van der Waals surface area (Å²) in [4.78, 5) is 10.2. The van der Waals surface area contributed by atoms with Gasteiger partial charge in [0, 0.05) is 58.8 Å². The number of rotatable bonds is 6. The van der Waals surface area contributed by atoms with Gasteiger partial charge in [0.15, 0.2) is 5.82 Å². The van der Waals surface area contributed by atoms with E-state index in [0.29, 0.717) is 5.82 Å². The number of thiophene rings is 1. The summed E-state index contributed by atoms with van der Waals surface area (Å²) in [5, 5.41) is 4.84. The monoisotopic (exact) mass is 732 g/mol. The van der Waals surface area contributed by atoms with Crippen molar-refractivity contribution < 1.29 is 4.42 Å². The van der Waals surface area contributed by atoms with E-state index in [1.165, 1.54) is 42.4 Å². The zero-order chi connectivity index (χ0) is 37.0. The third-order valence-electron chi connectivity index (χ3n) is 10.8. The van der Waals surface area contributed by atoms with Crippen molar-refractivity contribution in [1.82, 2.24) is 9.97 Å². The average Bonchev–Trinajstić information content (AvgIpc) is 3.86. The number of furan rings is 1. The van der Waals surface area contributed by atoms with Crippen LogP contribution in [0.3, 0.4) is 0 Å². The highest BCUT2D eigenvalue weighted by molar-refractivity contribution is 7.26. The summed E-state index contributed by atoms with van der Waals surface area (Å²) in [6.07, 6.45) is 0. The molecular formula is C52H32N2OS. The smallest absolute Gasteiger partial charge is 0.160 e. The third-order valence-corrected chi connectivity index (χ3v) is 12.0. The van der Waals surface area contributed by atoms with Crippen molar-refractivity contribution in [3.8, 4) is 67.3 Å². The standard InChI is InChI=1S/C52H32N2OS/c1-3-12-33(13-4-1)34-22-26-36(27-23-34)45-32-46(54-52(53-45)38-14-5-2-6-15-38)37-28-24-35(25-29-37)39-30-31-41(49-44-17-7-9-20-47(44)55-50(39)49)43-19-11-18-42-40-16-8-10-21-48(40)56-51(42)43/h1-32H. The van der Waals surface area contributed by atoms with Crippen molar-refractivity contribution in [1.29, 1.82) is 0 Å². The van der Waals surface area contributed by atoms with Gasteiger partial charge in [-0.25, -0.2) is 9.97 Å². The van der Waals surface area contributed by atoms with Gasteiger partial charge >= 0.3 is 0 Å². The van der Waals surface area contributed by atoms with Gasteiger partial charge < -0.3 is 4.42 Å². The van der Waals surface area contributed by atoms with Crippen LogP contribution in [0.5, 0.6) is 0 Å². The molecular weight excluding hydrogens is 701 g/mol. The summed E-state index contributed by atoms with van der Waals surface area (Å²) in [5.41, 5.74) is 13.5. The summed E-state index contributed by atoms with van der Waals surface area (Å²) < 4.78 is 9.33. The lowest BCUT2D eigenvalue weighted by Crippen LogP contribution is -1.96. The van der Waals surface area contributed by atoms with Crippen LogP contribution in [-0.2, 0) is 0 Å². The second kappa shape index (κ2) is 13.3. The first-order valence-corrected chi connectivity index (χ1v) is 19.6. The Bertz CT molecular complexity index is 3220. The molecule has 0 unspecified atom stereocenters. The van der Waals surface area contributed by atoms with Crippen molar-refractivity contribution in [2.24, 2.45) is 0 Å². The van der Waals surface area contributed by atoms with E-state index in [2.05, 4.69) is 164 Å². The Morgan fingerprint density at radius 3 is 1.66 bits per heavy atom. The quantitative estimate of drug-likeness (QED) is 0.171. The summed E-state index contributed by atoms with van der Waals surface area (Å²) in [5.74, 6) is 0.697. The van der Waals surface area contributed by atoms with Gasteiger partial charge in [0.2, 0.25) is 0 Å². The van der Waals surface area contributed by atoms with Crippen LogP contribution in [0.1, 0.15) is 0 Å². The van der Waals surface area contributed by atoms with Crippen LogP contribution >= 0.6 is 11.3 Å². The van der Waals surface area contributed by atoms with Crippen molar-refractivity contribution in [3.05, 3.63) is 194 Å². The van der Waals surface area contributed by atoms with Crippen LogP contribution in [0, 0.1) is 0 Å². The van der Waals surface area contributed by atoms with E-state index in [-0.39, 0.29) is 0 Å². The van der Waals surface area contributed by atoms with Crippen molar-refractivity contribution in [2.45, 2.75) is 0 Å². The molecule has 0 spiro atoms. The number of hydrogen-bond acceptors (Lipinski definition) is 4. The number of para-hydroxylation sites is 1. The molecule has 262 valence electrons. The maximum Gasteiger partial charge on any atom is 0.160 e. The molecule has 0 aliphatic rings. The molecule has 3 nitrogen and oxygen atoms in total. The molecule has 0 fully saturated rings. The van der Waals surface area contributed by atoms with Gasteiger partial charge in [-0.1, -0.05) is 170 Å². The highest BCUT2D eigenvalue weighted by Crippen LogP contribution is 2.46. The summed E-state index contributed by atoms with van der Waals surface area (Å²) in [7, 11) is 0. The maximum absolute atomic E-state index is 6.73. The van der Waals surface area contributed by atoms with Crippen molar-refractivity contribution in [2.75, 3.05) is 0 Å². The molecule has 56 heavy (non-hydrogen) atoms. The molecule has 3 aromatic heterocycles. The lowest BCUT2D eigenvalue weighted by atomic mass is 9.93. The zero-order valence-electron chi connectivity index (χ0n) is 30.2. The highest BCUT2D eigenvalue weighted by atomic mass is 32.1. The van der Waals surface area contributed by atoms with Gasteiger partial charge in [-0.3, -0.25) is 0 Å². The SMILES string of the molecule is c1ccc(-c2ccc(-c3cc(-c4ccc(-c5ccc(-c6cccc7c6sc6ccccc67)c6c5oc5ccccc56)cc4)nc(-c4ccccc4)n3)cc2)cc1. The summed E-state index contributed by atoms with van der Waals surface area (Å²) >= 11 is 1.86. The predicted molar refractivity (Wildman–Crippen MR) is 235 cm³/mol. The molecule has 11 rings (SSSR count). The molecule has 4 heteroatoms. The number of hydrogen-bond donors (Lipinski definition) is 0. The van der Waals surface area contributed by atoms with E-state index in [1.54, 1.807) is 0 Å². The average molecular weight is 733 g/mol. The highest BCUT2D eigenvalue weighted by Gasteiger charge is 2.20. The molecule has 0 bridgehead atoms. The van der Waals surface area contributed by atoms with E-state index in [9.17, 15) is 0 Å². The fourth-order valence-corrected chi connectivity index (χ4v) is 9.21. The van der Waals surface area contributed by atoms with E-state index in [4.69, 9.17) is 14.4 Å². The Labute approximate surface area is 327 Å². The van der Waals surface area contributed by atoms with Crippen LogP contribution in [0.15, 0.2) is 199 Å². The van der Waals surface area contributed by atoms with E-state index in [1.807, 2.05) is 41.7 Å². The van der Waals surface area contributed by atoms with Crippen LogP contribution in [0.4, 0.5) is 0 Å². The number of aromatic nitrogens is 2. The van der Waals surface area contributed by atoms with E-state index in [0.717, 1.165) is 61.1 Å². The van der Waals surface area contributed by atoms with E-state index >= 15 is 0 Å². The van der Waals surface area contributed by atoms with Crippen molar-refractivity contribution in [3.63, 3.8) is 0 Å². The molecule has 11 aromatic rings. The fourth-order valence-electron chi connectivity index (χ4n) is 7.98. The van der Waals surface area contributed by atoms with Crippen LogP contribution in [0.2, 0.25) is 0 Å². The second-order valence-electron chi connectivity index (χ2n) is 14.1. The van der Waals surface area contributed by atoms with Gasteiger partial charge in [0.25, 0.3) is 0 Å². The Hall–Kier alpha value is -7.14. The van der Waals surface area contributed by atoms with E-state index < -0.39 is 0 Å². The predicted octanol–water partition coefficient (Wildman–Crippen LogP) is 14.7. The molecule has 8 aromatic carbocycles. The third kappa shape index (κ3) is 5.50.